The summed E-state index contributed by atoms with van der Waals surface area (Å²) >= 11 is 19.8. The summed E-state index contributed by atoms with van der Waals surface area (Å²) in [4.78, 5) is 12.2. The molecule has 1 amide bonds. The molecule has 2 aromatic carbocycles. The van der Waals surface area contributed by atoms with Crippen molar-refractivity contribution in [2.45, 2.75) is 13.8 Å². The van der Waals surface area contributed by atoms with Crippen LogP contribution in [-0.2, 0) is 4.79 Å². The van der Waals surface area contributed by atoms with Crippen LogP contribution in [0, 0.1) is 17.4 Å². The number of anilines is 1. The van der Waals surface area contributed by atoms with Crippen LogP contribution in [0.3, 0.4) is 0 Å². The molecule has 0 aliphatic rings. The highest BCUT2D eigenvalue weighted by Gasteiger charge is 2.10. The van der Waals surface area contributed by atoms with Crippen molar-refractivity contribution in [3.05, 3.63) is 79.0 Å². The second-order valence-electron chi connectivity index (χ2n) is 6.50. The van der Waals surface area contributed by atoms with Crippen LogP contribution in [0.5, 0.6) is 0 Å². The van der Waals surface area contributed by atoms with Gasteiger partial charge in [0.2, 0.25) is 5.91 Å². The Balaban J connectivity index is 1.62. The van der Waals surface area contributed by atoms with Crippen LogP contribution in [0.25, 0.3) is 17.4 Å². The second-order valence-corrected chi connectivity index (χ2v) is 8.78. The third-order valence-electron chi connectivity index (χ3n) is 4.17. The highest BCUT2D eigenvalue weighted by molar-refractivity contribution is 14.1. The van der Waals surface area contributed by atoms with Crippen molar-refractivity contribution in [3.8, 4) is 11.3 Å². The minimum absolute atomic E-state index is 0.218. The van der Waals surface area contributed by atoms with E-state index in [-0.39, 0.29) is 11.0 Å². The molecule has 3 aromatic rings. The first-order chi connectivity index (χ1) is 14.2. The number of nitrogens with one attached hydrogen (secondary N) is 2. The lowest BCUT2D eigenvalue weighted by Crippen LogP contribution is -2.32. The molecule has 0 aliphatic heterocycles. The largest absolute Gasteiger partial charge is 0.457 e. The van der Waals surface area contributed by atoms with Gasteiger partial charge in [0.1, 0.15) is 11.5 Å². The number of amides is 1. The van der Waals surface area contributed by atoms with Crippen LogP contribution in [0.15, 0.2) is 53.0 Å². The molecule has 1 aromatic heterocycles. The molecule has 4 nitrogen and oxygen atoms in total. The monoisotopic (exact) mass is 570 g/mol. The summed E-state index contributed by atoms with van der Waals surface area (Å²) < 4.78 is 6.94. The van der Waals surface area contributed by atoms with E-state index in [9.17, 15) is 4.79 Å². The van der Waals surface area contributed by atoms with Gasteiger partial charge in [0.25, 0.3) is 0 Å². The third-order valence-corrected chi connectivity index (χ3v) is 6.90. The fraction of sp³-hybridized carbons (Fsp3) is 0.0909. The Hall–Kier alpha value is -1.87. The molecule has 8 heteroatoms. The van der Waals surface area contributed by atoms with Gasteiger partial charge in [-0.1, -0.05) is 29.3 Å². The van der Waals surface area contributed by atoms with Crippen molar-refractivity contribution in [2.24, 2.45) is 0 Å². The lowest BCUT2D eigenvalue weighted by molar-refractivity contribution is -0.115. The lowest BCUT2D eigenvalue weighted by atomic mass is 10.1. The maximum absolute atomic E-state index is 12.2. The van der Waals surface area contributed by atoms with Gasteiger partial charge in [0.05, 0.1) is 10.0 Å². The highest BCUT2D eigenvalue weighted by Crippen LogP contribution is 2.34. The van der Waals surface area contributed by atoms with Gasteiger partial charge in [0.15, 0.2) is 5.11 Å². The lowest BCUT2D eigenvalue weighted by Gasteiger charge is -2.11. The maximum Gasteiger partial charge on any atom is 0.250 e. The molecule has 0 unspecified atom stereocenters. The topological polar surface area (TPSA) is 54.3 Å². The minimum atomic E-state index is -0.370. The summed E-state index contributed by atoms with van der Waals surface area (Å²) in [6.45, 7) is 4.05. The van der Waals surface area contributed by atoms with E-state index in [0.717, 1.165) is 16.8 Å². The van der Waals surface area contributed by atoms with Crippen molar-refractivity contribution in [2.75, 3.05) is 5.32 Å². The molecule has 30 heavy (non-hydrogen) atoms. The average molecular weight is 571 g/mol. The van der Waals surface area contributed by atoms with Crippen molar-refractivity contribution >= 4 is 80.8 Å². The second kappa shape index (κ2) is 9.96. The molecule has 0 saturated carbocycles. The SMILES string of the molecule is Cc1cc(NC(=S)NC(=O)/C=C/c2ccc(-c3cccc(Cl)c3Cl)o2)cc(C)c1I. The molecule has 1 heterocycles. The standard InChI is InChI=1S/C22H17Cl2IN2O2S/c1-12-10-14(11-13(2)21(12)25)26-22(30)27-19(28)9-7-15-6-8-18(29-15)16-4-3-5-17(23)20(16)24/h3-11H,1-2H3,(H2,26,27,28,30)/b9-7+. The molecule has 3 rings (SSSR count). The van der Waals surface area contributed by atoms with E-state index in [1.807, 2.05) is 32.0 Å². The molecular weight excluding hydrogens is 554 g/mol. The van der Waals surface area contributed by atoms with Crippen LogP contribution < -0.4 is 10.6 Å². The van der Waals surface area contributed by atoms with Gasteiger partial charge in [-0.2, -0.15) is 0 Å². The number of benzene rings is 2. The molecule has 0 fully saturated rings. The Morgan fingerprint density at radius 3 is 2.53 bits per heavy atom. The quantitative estimate of drug-likeness (QED) is 0.201. The van der Waals surface area contributed by atoms with Gasteiger partial charge >= 0.3 is 0 Å². The van der Waals surface area contributed by atoms with E-state index < -0.39 is 0 Å². The van der Waals surface area contributed by atoms with Crippen LogP contribution >= 0.6 is 58.0 Å². The van der Waals surface area contributed by atoms with Crippen LogP contribution in [-0.4, -0.2) is 11.0 Å². The normalized spacial score (nSPS) is 11.0. The Bertz CT molecular complexity index is 1130. The minimum Gasteiger partial charge on any atom is -0.457 e. The summed E-state index contributed by atoms with van der Waals surface area (Å²) in [5.74, 6) is 0.688. The number of thiocarbonyl (C=S) groups is 1. The first-order valence-electron chi connectivity index (χ1n) is 8.85. The Morgan fingerprint density at radius 2 is 1.83 bits per heavy atom. The van der Waals surface area contributed by atoms with Crippen LogP contribution in [0.4, 0.5) is 5.69 Å². The number of hydrogen-bond acceptors (Lipinski definition) is 3. The molecule has 2 N–H and O–H groups in total. The predicted molar refractivity (Wildman–Crippen MR) is 136 cm³/mol. The van der Waals surface area contributed by atoms with E-state index in [2.05, 4.69) is 33.2 Å². The number of halogens is 3. The molecule has 0 bridgehead atoms. The molecule has 0 saturated heterocycles. The van der Waals surface area contributed by atoms with Gasteiger partial charge in [-0.15, -0.1) is 0 Å². The highest BCUT2D eigenvalue weighted by atomic mass is 127. The zero-order valence-electron chi connectivity index (χ0n) is 16.1. The summed E-state index contributed by atoms with van der Waals surface area (Å²) in [6, 6.07) is 12.8. The molecule has 0 aliphatic carbocycles. The molecule has 0 radical (unpaired) electrons. The fourth-order valence-corrected chi connectivity index (χ4v) is 3.70. The summed E-state index contributed by atoms with van der Waals surface area (Å²) in [5, 5.41) is 6.73. The summed E-state index contributed by atoms with van der Waals surface area (Å²) in [5.41, 5.74) is 3.79. The fourth-order valence-electron chi connectivity index (χ4n) is 2.77. The Labute approximate surface area is 203 Å². The van der Waals surface area contributed by atoms with Gasteiger partial charge in [-0.25, -0.2) is 0 Å². The van der Waals surface area contributed by atoms with E-state index in [4.69, 9.17) is 39.8 Å². The first kappa shape index (κ1) is 22.8. The van der Waals surface area contributed by atoms with E-state index >= 15 is 0 Å². The number of rotatable bonds is 4. The van der Waals surface area contributed by atoms with Gasteiger partial charge in [-0.05, 0) is 102 Å². The van der Waals surface area contributed by atoms with Crippen molar-refractivity contribution < 1.29 is 9.21 Å². The van der Waals surface area contributed by atoms with Gasteiger partial charge in [0, 0.05) is 20.9 Å². The van der Waals surface area contributed by atoms with E-state index in [0.29, 0.717) is 27.1 Å². The van der Waals surface area contributed by atoms with E-state index in [1.165, 1.54) is 9.65 Å². The number of carbonyl (C=O) groups is 1. The van der Waals surface area contributed by atoms with Gasteiger partial charge < -0.3 is 9.73 Å². The molecule has 0 atom stereocenters. The molecular formula is C22H17Cl2IN2O2S. The zero-order chi connectivity index (χ0) is 21.8. The number of aryl methyl sites for hydroxylation is 2. The summed E-state index contributed by atoms with van der Waals surface area (Å²) in [7, 11) is 0. The van der Waals surface area contributed by atoms with E-state index in [1.54, 1.807) is 30.3 Å². The van der Waals surface area contributed by atoms with Crippen molar-refractivity contribution in [1.82, 2.24) is 5.32 Å². The smallest absolute Gasteiger partial charge is 0.250 e. The van der Waals surface area contributed by atoms with Crippen molar-refractivity contribution in [1.29, 1.82) is 0 Å². The Kier molecular flexibility index (Phi) is 7.57. The maximum atomic E-state index is 12.2. The summed E-state index contributed by atoms with van der Waals surface area (Å²) in [6.07, 6.45) is 2.90. The van der Waals surface area contributed by atoms with Gasteiger partial charge in [-0.3, -0.25) is 10.1 Å². The molecule has 0 spiro atoms. The zero-order valence-corrected chi connectivity index (χ0v) is 20.5. The van der Waals surface area contributed by atoms with Crippen LogP contribution in [0.2, 0.25) is 10.0 Å². The molecule has 154 valence electrons. The number of carbonyl (C=O) groups excluding carboxylic acids is 1. The number of furan rings is 1. The van der Waals surface area contributed by atoms with Crippen LogP contribution in [0.1, 0.15) is 16.9 Å². The third kappa shape index (κ3) is 5.63. The number of hydrogen-bond donors (Lipinski definition) is 2. The predicted octanol–water partition coefficient (Wildman–Crippen LogP) is 7.00. The van der Waals surface area contributed by atoms with Crippen molar-refractivity contribution in [3.63, 3.8) is 0 Å². The Morgan fingerprint density at radius 1 is 1.13 bits per heavy atom. The average Bonchev–Trinajstić information content (AvgIpc) is 3.15. The first-order valence-corrected chi connectivity index (χ1v) is 11.1.